The lowest BCUT2D eigenvalue weighted by molar-refractivity contribution is 0.0934. The highest BCUT2D eigenvalue weighted by Crippen LogP contribution is 2.44. The molecule has 1 aromatic carbocycles. The number of hydrogen-bond donors (Lipinski definition) is 0. The summed E-state index contributed by atoms with van der Waals surface area (Å²) in [7, 11) is 0. The second-order valence-electron chi connectivity index (χ2n) is 5.28. The Morgan fingerprint density at radius 2 is 1.88 bits per heavy atom. The van der Waals surface area contributed by atoms with E-state index in [1.54, 1.807) is 12.1 Å². The number of hydrogen-bond acceptors (Lipinski definition) is 2. The lowest BCUT2D eigenvalue weighted by atomic mass is 9.81. The van der Waals surface area contributed by atoms with Crippen molar-refractivity contribution in [1.82, 2.24) is 0 Å². The van der Waals surface area contributed by atoms with Gasteiger partial charge in [0.25, 0.3) is 0 Å². The molecule has 1 aromatic rings. The number of ether oxygens (including phenoxy) is 2. The molecule has 0 radical (unpaired) electrons. The summed E-state index contributed by atoms with van der Waals surface area (Å²) >= 11 is 0. The highest BCUT2D eigenvalue weighted by molar-refractivity contribution is 5.22. The summed E-state index contributed by atoms with van der Waals surface area (Å²) < 4.78 is 23.8. The third-order valence-corrected chi connectivity index (χ3v) is 3.15. The number of rotatable bonds is 3. The van der Waals surface area contributed by atoms with Gasteiger partial charge in [-0.1, -0.05) is 20.8 Å². The van der Waals surface area contributed by atoms with Gasteiger partial charge in [0, 0.05) is 0 Å². The van der Waals surface area contributed by atoms with Crippen LogP contribution in [0.15, 0.2) is 24.3 Å². The Hall–Kier alpha value is -1.09. The third-order valence-electron chi connectivity index (χ3n) is 3.15. The first-order chi connectivity index (χ1) is 7.43. The van der Waals surface area contributed by atoms with Crippen LogP contribution >= 0.6 is 0 Å². The zero-order valence-electron chi connectivity index (χ0n) is 9.92. The van der Waals surface area contributed by atoms with E-state index in [4.69, 9.17) is 9.47 Å². The Morgan fingerprint density at radius 1 is 1.31 bits per heavy atom. The molecule has 0 spiro atoms. The zero-order chi connectivity index (χ0) is 11.8. The first-order valence-corrected chi connectivity index (χ1v) is 5.45. The van der Waals surface area contributed by atoms with Crippen LogP contribution in [0.3, 0.4) is 0 Å². The van der Waals surface area contributed by atoms with Crippen LogP contribution in [0.4, 0.5) is 4.39 Å². The summed E-state index contributed by atoms with van der Waals surface area (Å²) in [6, 6.07) is 6.06. The molecular weight excluding hydrogens is 207 g/mol. The molecule has 2 rings (SSSR count). The van der Waals surface area contributed by atoms with Crippen molar-refractivity contribution in [3.8, 4) is 5.75 Å². The molecule has 0 saturated carbocycles. The predicted octanol–water partition coefficient (Wildman–Crippen LogP) is 3.02. The van der Waals surface area contributed by atoms with Crippen molar-refractivity contribution in [2.45, 2.75) is 26.4 Å². The highest BCUT2D eigenvalue weighted by atomic mass is 19.1. The van der Waals surface area contributed by atoms with E-state index in [1.807, 2.05) is 0 Å². The fraction of sp³-hybridized carbons (Fsp3) is 0.538. The van der Waals surface area contributed by atoms with Crippen LogP contribution in [-0.4, -0.2) is 18.8 Å². The van der Waals surface area contributed by atoms with Crippen molar-refractivity contribution in [2.75, 3.05) is 13.2 Å². The molecule has 2 nitrogen and oxygen atoms in total. The largest absolute Gasteiger partial charge is 0.490 e. The number of benzene rings is 1. The summed E-state index contributed by atoms with van der Waals surface area (Å²) in [6.45, 7) is 7.65. The molecule has 16 heavy (non-hydrogen) atoms. The van der Waals surface area contributed by atoms with Crippen molar-refractivity contribution >= 4 is 0 Å². The van der Waals surface area contributed by atoms with E-state index in [0.717, 1.165) is 6.61 Å². The second kappa shape index (κ2) is 3.74. The van der Waals surface area contributed by atoms with Crippen molar-refractivity contribution in [3.05, 3.63) is 30.1 Å². The fourth-order valence-corrected chi connectivity index (χ4v) is 1.55. The summed E-state index contributed by atoms with van der Waals surface area (Å²) in [6.07, 6.45) is 0. The van der Waals surface area contributed by atoms with Gasteiger partial charge in [-0.05, 0) is 29.7 Å². The Morgan fingerprint density at radius 3 is 2.31 bits per heavy atom. The number of halogens is 1. The van der Waals surface area contributed by atoms with Gasteiger partial charge in [-0.3, -0.25) is 0 Å². The minimum atomic E-state index is -0.249. The van der Waals surface area contributed by atoms with Crippen LogP contribution in [0.2, 0.25) is 0 Å². The quantitative estimate of drug-likeness (QED) is 0.736. The SMILES string of the molecule is CC(C)(C)C1(COc2ccc(F)cc2)CO1. The van der Waals surface area contributed by atoms with Gasteiger partial charge in [-0.15, -0.1) is 0 Å². The van der Waals surface area contributed by atoms with Crippen LogP contribution in [0.25, 0.3) is 0 Å². The van der Waals surface area contributed by atoms with E-state index in [9.17, 15) is 4.39 Å². The van der Waals surface area contributed by atoms with Crippen LogP contribution < -0.4 is 4.74 Å². The monoisotopic (exact) mass is 224 g/mol. The van der Waals surface area contributed by atoms with Crippen molar-refractivity contribution < 1.29 is 13.9 Å². The smallest absolute Gasteiger partial charge is 0.130 e. The molecule has 0 N–H and O–H groups in total. The molecule has 1 unspecified atom stereocenters. The third kappa shape index (κ3) is 2.19. The lowest BCUT2D eigenvalue weighted by Crippen LogP contribution is -2.36. The normalized spacial score (nSPS) is 24.2. The van der Waals surface area contributed by atoms with E-state index >= 15 is 0 Å². The predicted molar refractivity (Wildman–Crippen MR) is 60.0 cm³/mol. The van der Waals surface area contributed by atoms with Crippen LogP contribution in [-0.2, 0) is 4.74 Å². The summed E-state index contributed by atoms with van der Waals surface area (Å²) in [4.78, 5) is 0. The molecular formula is C13H17FO2. The van der Waals surface area contributed by atoms with E-state index in [2.05, 4.69) is 20.8 Å². The van der Waals surface area contributed by atoms with Gasteiger partial charge in [-0.2, -0.15) is 0 Å². The first kappa shape index (κ1) is 11.4. The molecule has 1 saturated heterocycles. The second-order valence-corrected chi connectivity index (χ2v) is 5.28. The molecule has 0 aromatic heterocycles. The average Bonchev–Trinajstić information content (AvgIpc) is 2.97. The van der Waals surface area contributed by atoms with Crippen LogP contribution in [0.1, 0.15) is 20.8 Å². The molecule has 3 heteroatoms. The first-order valence-electron chi connectivity index (χ1n) is 5.45. The zero-order valence-corrected chi connectivity index (χ0v) is 9.92. The standard InChI is InChI=1S/C13H17FO2/c1-12(2,3)13(9-16-13)8-15-11-6-4-10(14)5-7-11/h4-7H,8-9H2,1-3H3. The molecule has 1 fully saturated rings. The fourth-order valence-electron chi connectivity index (χ4n) is 1.55. The van der Waals surface area contributed by atoms with Gasteiger partial charge < -0.3 is 9.47 Å². The van der Waals surface area contributed by atoms with Crippen molar-refractivity contribution in [1.29, 1.82) is 0 Å². The van der Waals surface area contributed by atoms with Crippen molar-refractivity contribution in [2.24, 2.45) is 5.41 Å². The Kier molecular flexibility index (Phi) is 2.66. The molecule has 0 amide bonds. The van der Waals surface area contributed by atoms with Gasteiger partial charge in [0.05, 0.1) is 6.61 Å². The van der Waals surface area contributed by atoms with Crippen LogP contribution in [0, 0.1) is 11.2 Å². The summed E-state index contributed by atoms with van der Waals surface area (Å²) in [5, 5.41) is 0. The molecule has 1 atom stereocenters. The van der Waals surface area contributed by atoms with Gasteiger partial charge >= 0.3 is 0 Å². The van der Waals surface area contributed by atoms with Gasteiger partial charge in [0.1, 0.15) is 23.8 Å². The Labute approximate surface area is 95.4 Å². The maximum atomic E-state index is 12.7. The maximum Gasteiger partial charge on any atom is 0.130 e. The molecule has 1 aliphatic heterocycles. The molecule has 1 aliphatic rings. The lowest BCUT2D eigenvalue weighted by Gasteiger charge is -2.27. The van der Waals surface area contributed by atoms with Crippen LogP contribution in [0.5, 0.6) is 5.75 Å². The maximum absolute atomic E-state index is 12.7. The van der Waals surface area contributed by atoms with E-state index in [0.29, 0.717) is 12.4 Å². The highest BCUT2D eigenvalue weighted by Gasteiger charge is 2.55. The van der Waals surface area contributed by atoms with E-state index in [1.165, 1.54) is 12.1 Å². The summed E-state index contributed by atoms with van der Waals surface area (Å²) in [5.74, 6) is 0.432. The van der Waals surface area contributed by atoms with E-state index in [-0.39, 0.29) is 16.8 Å². The number of epoxide rings is 1. The minimum absolute atomic E-state index is 0.0625. The molecule has 1 heterocycles. The van der Waals surface area contributed by atoms with Crippen molar-refractivity contribution in [3.63, 3.8) is 0 Å². The van der Waals surface area contributed by atoms with Gasteiger partial charge in [-0.25, -0.2) is 4.39 Å². The van der Waals surface area contributed by atoms with E-state index < -0.39 is 0 Å². The van der Waals surface area contributed by atoms with Gasteiger partial charge in [0.2, 0.25) is 0 Å². The molecule has 0 bridgehead atoms. The Bertz CT molecular complexity index is 361. The summed E-state index contributed by atoms with van der Waals surface area (Å²) in [5.41, 5.74) is -0.117. The average molecular weight is 224 g/mol. The molecule has 0 aliphatic carbocycles. The topological polar surface area (TPSA) is 21.8 Å². The minimum Gasteiger partial charge on any atom is -0.490 e. The Balaban J connectivity index is 1.96. The molecule has 88 valence electrons. The van der Waals surface area contributed by atoms with Gasteiger partial charge in [0.15, 0.2) is 0 Å².